The minimum Gasteiger partial charge on any atom is -0.481 e. The summed E-state index contributed by atoms with van der Waals surface area (Å²) in [6.07, 6.45) is 23.0. The summed E-state index contributed by atoms with van der Waals surface area (Å²) in [5.41, 5.74) is 4.78. The molecule has 0 bridgehead atoms. The third-order valence-corrected chi connectivity index (χ3v) is 5.12. The number of aliphatic hydroxyl groups excluding tert-OH is 1. The Kier molecular flexibility index (Phi) is 38.2. The van der Waals surface area contributed by atoms with Gasteiger partial charge in [0.15, 0.2) is 0 Å². The minimum absolute atomic E-state index is 0.0972. The van der Waals surface area contributed by atoms with Crippen LogP contribution in [0.2, 0.25) is 0 Å². The van der Waals surface area contributed by atoms with Crippen LogP contribution in [0.5, 0.6) is 0 Å². The van der Waals surface area contributed by atoms with E-state index in [9.17, 15) is 9.59 Å². The van der Waals surface area contributed by atoms with Crippen LogP contribution in [-0.2, 0) is 9.59 Å². The summed E-state index contributed by atoms with van der Waals surface area (Å²) in [5, 5.41) is 24.6. The van der Waals surface area contributed by atoms with Crippen molar-refractivity contribution in [3.8, 4) is 0 Å². The summed E-state index contributed by atoms with van der Waals surface area (Å²) in [7, 11) is 0. The first-order chi connectivity index (χ1) is 15.5. The predicted molar refractivity (Wildman–Crippen MR) is 135 cm³/mol. The fourth-order valence-corrected chi connectivity index (χ4v) is 3.17. The third kappa shape index (κ3) is 46.9. The molecule has 0 rings (SSSR count). The second-order valence-corrected chi connectivity index (χ2v) is 8.46. The number of rotatable bonds is 21. The average Bonchev–Trinajstić information content (AvgIpc) is 2.77. The lowest BCUT2D eigenvalue weighted by atomic mass is 10.1. The molecule has 0 aliphatic carbocycles. The molecule has 0 saturated carbocycles. The molecule has 0 aromatic carbocycles. The van der Waals surface area contributed by atoms with E-state index in [0.717, 1.165) is 25.7 Å². The molecule has 0 aliphatic rings. The highest BCUT2D eigenvalue weighted by Crippen LogP contribution is 2.11. The monoisotopic (exact) mass is 461 g/mol. The summed E-state index contributed by atoms with van der Waals surface area (Å²) >= 11 is 0. The summed E-state index contributed by atoms with van der Waals surface area (Å²) in [6, 6.07) is 0. The van der Waals surface area contributed by atoms with E-state index in [2.05, 4.69) is 13.8 Å². The van der Waals surface area contributed by atoms with Crippen molar-refractivity contribution < 1.29 is 24.9 Å². The van der Waals surface area contributed by atoms with E-state index < -0.39 is 11.9 Å². The maximum Gasteiger partial charge on any atom is 0.303 e. The van der Waals surface area contributed by atoms with Gasteiger partial charge in [0.25, 0.3) is 0 Å². The van der Waals surface area contributed by atoms with Gasteiger partial charge < -0.3 is 21.1 Å². The van der Waals surface area contributed by atoms with E-state index in [1.54, 1.807) is 0 Å². The van der Waals surface area contributed by atoms with Crippen molar-refractivity contribution in [3.05, 3.63) is 0 Å². The molecule has 0 aromatic rings. The van der Waals surface area contributed by atoms with E-state index in [1.165, 1.54) is 89.9 Å². The van der Waals surface area contributed by atoms with Crippen LogP contribution in [0, 0.1) is 0 Å². The zero-order chi connectivity index (χ0) is 24.7. The number of nitrogens with two attached hydrogens (primary N) is 1. The van der Waals surface area contributed by atoms with Crippen molar-refractivity contribution in [1.82, 2.24) is 0 Å². The SMILES string of the molecule is CCCCCCCCCCCC(=O)O.CCCCCCCCCCCC(=O)O.NCCO. The first kappa shape index (κ1) is 35.4. The maximum absolute atomic E-state index is 10.2. The highest BCUT2D eigenvalue weighted by molar-refractivity contribution is 5.66. The van der Waals surface area contributed by atoms with Crippen LogP contribution in [0.15, 0.2) is 0 Å². The fourth-order valence-electron chi connectivity index (χ4n) is 3.17. The molecule has 0 saturated heterocycles. The lowest BCUT2D eigenvalue weighted by molar-refractivity contribution is -0.138. The van der Waals surface area contributed by atoms with Gasteiger partial charge in [-0.1, -0.05) is 117 Å². The second-order valence-electron chi connectivity index (χ2n) is 8.46. The zero-order valence-corrected chi connectivity index (χ0v) is 21.3. The van der Waals surface area contributed by atoms with E-state index in [0.29, 0.717) is 19.4 Å². The molecule has 0 aromatic heterocycles. The van der Waals surface area contributed by atoms with Gasteiger partial charge in [-0.15, -0.1) is 0 Å². The number of carbonyl (C=O) groups is 2. The van der Waals surface area contributed by atoms with E-state index in [4.69, 9.17) is 21.1 Å². The van der Waals surface area contributed by atoms with Crippen LogP contribution in [0.4, 0.5) is 0 Å². The lowest BCUT2D eigenvalue weighted by Gasteiger charge is -2.00. The van der Waals surface area contributed by atoms with E-state index in [-0.39, 0.29) is 6.61 Å². The predicted octanol–water partition coefficient (Wildman–Crippen LogP) is 6.92. The summed E-state index contributed by atoms with van der Waals surface area (Å²) in [5.74, 6) is -1.32. The average molecular weight is 462 g/mol. The number of aliphatic hydroxyl groups is 1. The molecule has 194 valence electrons. The molecule has 5 N–H and O–H groups in total. The Morgan fingerprint density at radius 3 is 0.938 bits per heavy atom. The Bertz CT molecular complexity index is 330. The molecule has 0 radical (unpaired) electrons. The normalized spacial score (nSPS) is 10.0. The molecule has 0 unspecified atom stereocenters. The summed E-state index contributed by atoms with van der Waals surface area (Å²) < 4.78 is 0. The number of unbranched alkanes of at least 4 members (excludes halogenated alkanes) is 16. The Hall–Kier alpha value is -1.14. The second kappa shape index (κ2) is 34.5. The van der Waals surface area contributed by atoms with Crippen LogP contribution in [-0.4, -0.2) is 40.4 Å². The van der Waals surface area contributed by atoms with Crippen molar-refractivity contribution >= 4 is 11.9 Å². The summed E-state index contributed by atoms with van der Waals surface area (Å²) in [4.78, 5) is 20.4. The molecule has 6 nitrogen and oxygen atoms in total. The first-order valence-electron chi connectivity index (χ1n) is 13.2. The Morgan fingerprint density at radius 2 is 0.750 bits per heavy atom. The third-order valence-electron chi connectivity index (χ3n) is 5.12. The lowest BCUT2D eigenvalue weighted by Crippen LogP contribution is -2.02. The Balaban J connectivity index is -0.000000450. The van der Waals surface area contributed by atoms with Crippen LogP contribution >= 0.6 is 0 Å². The van der Waals surface area contributed by atoms with Crippen molar-refractivity contribution in [2.24, 2.45) is 5.73 Å². The highest BCUT2D eigenvalue weighted by Gasteiger charge is 1.97. The molecular formula is C26H55NO5. The molecule has 32 heavy (non-hydrogen) atoms. The smallest absolute Gasteiger partial charge is 0.303 e. The van der Waals surface area contributed by atoms with Crippen LogP contribution in [0.25, 0.3) is 0 Å². The number of carboxylic acid groups (broad SMARTS) is 2. The Labute approximate surface area is 198 Å². The quantitative estimate of drug-likeness (QED) is 0.138. The standard InChI is InChI=1S/2C12H24O2.C2H7NO/c2*1-2-3-4-5-6-7-8-9-10-11-12(13)14;3-1-2-4/h2*2-11H2,1H3,(H,13,14);4H,1-3H2. The van der Waals surface area contributed by atoms with Gasteiger partial charge in [0.2, 0.25) is 0 Å². The largest absolute Gasteiger partial charge is 0.481 e. The van der Waals surface area contributed by atoms with Crippen molar-refractivity contribution in [2.75, 3.05) is 13.2 Å². The highest BCUT2D eigenvalue weighted by atomic mass is 16.4. The van der Waals surface area contributed by atoms with Gasteiger partial charge in [0.05, 0.1) is 6.61 Å². The van der Waals surface area contributed by atoms with Gasteiger partial charge in [-0.05, 0) is 12.8 Å². The number of aliphatic carboxylic acids is 2. The number of carboxylic acids is 2. The van der Waals surface area contributed by atoms with E-state index in [1.807, 2.05) is 0 Å². The molecular weight excluding hydrogens is 406 g/mol. The molecule has 0 fully saturated rings. The Morgan fingerprint density at radius 1 is 0.531 bits per heavy atom. The van der Waals surface area contributed by atoms with Gasteiger partial charge in [-0.3, -0.25) is 9.59 Å². The summed E-state index contributed by atoms with van der Waals surface area (Å²) in [6.45, 7) is 4.93. The van der Waals surface area contributed by atoms with Gasteiger partial charge in [0.1, 0.15) is 0 Å². The van der Waals surface area contributed by atoms with Gasteiger partial charge >= 0.3 is 11.9 Å². The number of hydrogen-bond acceptors (Lipinski definition) is 4. The zero-order valence-electron chi connectivity index (χ0n) is 21.3. The topological polar surface area (TPSA) is 121 Å². The first-order valence-corrected chi connectivity index (χ1v) is 13.2. The molecule has 0 amide bonds. The van der Waals surface area contributed by atoms with Crippen molar-refractivity contribution in [2.45, 2.75) is 142 Å². The molecule has 0 spiro atoms. The fraction of sp³-hybridized carbons (Fsp3) is 0.923. The van der Waals surface area contributed by atoms with Crippen LogP contribution in [0.1, 0.15) is 142 Å². The molecule has 6 heteroatoms. The van der Waals surface area contributed by atoms with Crippen molar-refractivity contribution in [1.29, 1.82) is 0 Å². The van der Waals surface area contributed by atoms with E-state index >= 15 is 0 Å². The molecule has 0 aliphatic heterocycles. The minimum atomic E-state index is -0.659. The maximum atomic E-state index is 10.2. The van der Waals surface area contributed by atoms with Crippen molar-refractivity contribution in [3.63, 3.8) is 0 Å². The molecule has 0 heterocycles. The number of hydrogen-bond donors (Lipinski definition) is 4. The van der Waals surface area contributed by atoms with Gasteiger partial charge in [-0.25, -0.2) is 0 Å². The van der Waals surface area contributed by atoms with Gasteiger partial charge in [0, 0.05) is 19.4 Å². The van der Waals surface area contributed by atoms with Gasteiger partial charge in [-0.2, -0.15) is 0 Å². The molecule has 0 atom stereocenters. The van der Waals surface area contributed by atoms with Crippen LogP contribution < -0.4 is 5.73 Å². The van der Waals surface area contributed by atoms with Crippen LogP contribution in [0.3, 0.4) is 0 Å².